The number of nitrogens with two attached hydrogens (primary N) is 1. The molecule has 1 aliphatic carbocycles. The largest absolute Gasteiger partial charge is 0.399 e. The van der Waals surface area contributed by atoms with Crippen molar-refractivity contribution in [2.75, 3.05) is 19.8 Å². The number of hydrogen-bond donors (Lipinski definition) is 2. The van der Waals surface area contributed by atoms with Crippen molar-refractivity contribution in [3.05, 3.63) is 59.2 Å². The van der Waals surface area contributed by atoms with E-state index in [4.69, 9.17) is 5.73 Å². The molecule has 2 aromatic carbocycles. The van der Waals surface area contributed by atoms with Gasteiger partial charge in [0.05, 0.1) is 4.90 Å². The van der Waals surface area contributed by atoms with Crippen molar-refractivity contribution in [2.45, 2.75) is 36.7 Å². The van der Waals surface area contributed by atoms with Gasteiger partial charge in [-0.3, -0.25) is 0 Å². The van der Waals surface area contributed by atoms with Crippen molar-refractivity contribution in [3.8, 4) is 0 Å². The molecule has 3 N–H and O–H groups in total. The molecule has 1 aliphatic rings. The van der Waals surface area contributed by atoms with Crippen LogP contribution in [0.1, 0.15) is 35.6 Å². The third kappa shape index (κ3) is 4.76. The van der Waals surface area contributed by atoms with Crippen LogP contribution in [0.25, 0.3) is 0 Å². The predicted octanol–water partition coefficient (Wildman–Crippen LogP) is 3.11. The summed E-state index contributed by atoms with van der Waals surface area (Å²) in [5.41, 5.74) is 9.83. The lowest BCUT2D eigenvalue weighted by Crippen LogP contribution is -2.31. The lowest BCUT2D eigenvalue weighted by molar-refractivity contribution is 0.402. The molecule has 0 bridgehead atoms. The first-order valence-corrected chi connectivity index (χ1v) is 9.98. The summed E-state index contributed by atoms with van der Waals surface area (Å²) in [6, 6.07) is 12.6. The van der Waals surface area contributed by atoms with E-state index in [1.54, 1.807) is 12.1 Å². The molecule has 0 radical (unpaired) electrons. The van der Waals surface area contributed by atoms with Crippen LogP contribution >= 0.6 is 12.4 Å². The lowest BCUT2D eigenvalue weighted by Gasteiger charge is -2.26. The normalized spacial score (nSPS) is 16.8. The minimum absolute atomic E-state index is 0. The summed E-state index contributed by atoms with van der Waals surface area (Å²) in [6.07, 6.45) is 2.69. The average molecular weight is 396 g/mol. The Balaban J connectivity index is 0.00000243. The molecular weight excluding hydrogens is 370 g/mol. The number of benzene rings is 2. The first kappa shape index (κ1) is 20.7. The van der Waals surface area contributed by atoms with E-state index in [9.17, 15) is 8.42 Å². The van der Waals surface area contributed by atoms with Crippen LogP contribution in [-0.4, -0.2) is 27.4 Å². The van der Waals surface area contributed by atoms with Gasteiger partial charge in [-0.25, -0.2) is 13.1 Å². The Morgan fingerprint density at radius 3 is 2.50 bits per heavy atom. The molecule has 0 heterocycles. The summed E-state index contributed by atoms with van der Waals surface area (Å²) >= 11 is 0. The van der Waals surface area contributed by atoms with Gasteiger partial charge in [0.25, 0.3) is 0 Å². The Bertz CT molecular complexity index is 852. The highest BCUT2D eigenvalue weighted by Crippen LogP contribution is 2.32. The highest BCUT2D eigenvalue weighted by molar-refractivity contribution is 7.89. The fourth-order valence-corrected chi connectivity index (χ4v) is 4.60. The van der Waals surface area contributed by atoms with Gasteiger partial charge in [-0.05, 0) is 74.3 Å². The van der Waals surface area contributed by atoms with Crippen LogP contribution in [0, 0.1) is 0 Å². The molecular formula is C19H26ClN3O2S. The Morgan fingerprint density at radius 2 is 1.85 bits per heavy atom. The number of nitrogens with one attached hydrogen (secondary N) is 1. The van der Waals surface area contributed by atoms with E-state index in [1.165, 1.54) is 0 Å². The molecule has 0 aromatic heterocycles. The molecule has 3 rings (SSSR count). The number of nitrogens with zero attached hydrogens (tertiary/aromatic N) is 1. The standard InChI is InChI=1S/C19H25N3O2S.ClH/c1-22(2)13-14-6-9-17(10-7-14)25(23,24)21-19-5-3-4-15-12-16(20)8-11-18(15)19;/h6-12,19,21H,3-5,13,20H2,1-2H3;1H. The molecule has 0 spiro atoms. The van der Waals surface area contributed by atoms with Crippen LogP contribution in [0.15, 0.2) is 47.4 Å². The minimum Gasteiger partial charge on any atom is -0.399 e. The van der Waals surface area contributed by atoms with E-state index >= 15 is 0 Å². The molecule has 0 saturated heterocycles. The van der Waals surface area contributed by atoms with Crippen LogP contribution in [-0.2, 0) is 23.0 Å². The number of halogens is 1. The molecule has 5 nitrogen and oxygen atoms in total. The molecule has 1 atom stereocenters. The molecule has 0 saturated carbocycles. The SMILES string of the molecule is CN(C)Cc1ccc(S(=O)(=O)NC2CCCc3cc(N)ccc32)cc1.Cl. The van der Waals surface area contributed by atoms with Gasteiger partial charge in [-0.15, -0.1) is 12.4 Å². The van der Waals surface area contributed by atoms with Crippen molar-refractivity contribution in [2.24, 2.45) is 0 Å². The van der Waals surface area contributed by atoms with Crippen molar-refractivity contribution in [1.82, 2.24) is 9.62 Å². The zero-order chi connectivity index (χ0) is 18.0. The first-order valence-electron chi connectivity index (χ1n) is 8.49. The maximum absolute atomic E-state index is 12.8. The molecule has 1 unspecified atom stereocenters. The molecule has 7 heteroatoms. The van der Waals surface area contributed by atoms with E-state index in [2.05, 4.69) is 4.72 Å². The second-order valence-corrected chi connectivity index (χ2v) is 8.62. The number of rotatable bonds is 5. The quantitative estimate of drug-likeness (QED) is 0.763. The summed E-state index contributed by atoms with van der Waals surface area (Å²) in [5, 5.41) is 0. The van der Waals surface area contributed by atoms with Crippen molar-refractivity contribution in [1.29, 1.82) is 0 Å². The average Bonchev–Trinajstić information content (AvgIpc) is 2.54. The van der Waals surface area contributed by atoms with E-state index in [1.807, 2.05) is 49.3 Å². The van der Waals surface area contributed by atoms with Gasteiger partial charge in [0.15, 0.2) is 0 Å². The van der Waals surface area contributed by atoms with Crippen LogP contribution in [0.4, 0.5) is 5.69 Å². The topological polar surface area (TPSA) is 75.4 Å². The van der Waals surface area contributed by atoms with E-state index < -0.39 is 10.0 Å². The zero-order valence-corrected chi connectivity index (χ0v) is 16.7. The highest BCUT2D eigenvalue weighted by atomic mass is 35.5. The van der Waals surface area contributed by atoms with Crippen LogP contribution in [0.3, 0.4) is 0 Å². The summed E-state index contributed by atoms with van der Waals surface area (Å²) in [4.78, 5) is 2.35. The van der Waals surface area contributed by atoms with Crippen LogP contribution in [0.5, 0.6) is 0 Å². The van der Waals surface area contributed by atoms with Crippen LogP contribution in [0.2, 0.25) is 0 Å². The summed E-state index contributed by atoms with van der Waals surface area (Å²) in [6.45, 7) is 0.783. The molecule has 142 valence electrons. The summed E-state index contributed by atoms with van der Waals surface area (Å²) in [7, 11) is 0.418. The Hall–Kier alpha value is -1.60. The van der Waals surface area contributed by atoms with Gasteiger partial charge in [0.1, 0.15) is 0 Å². The third-order valence-electron chi connectivity index (χ3n) is 4.51. The number of anilines is 1. The predicted molar refractivity (Wildman–Crippen MR) is 108 cm³/mol. The van der Waals surface area contributed by atoms with Crippen molar-refractivity contribution >= 4 is 28.1 Å². The van der Waals surface area contributed by atoms with E-state index in [0.29, 0.717) is 4.90 Å². The van der Waals surface area contributed by atoms with Gasteiger partial charge < -0.3 is 10.6 Å². The Kier molecular flexibility index (Phi) is 6.69. The number of sulfonamides is 1. The smallest absolute Gasteiger partial charge is 0.241 e. The minimum atomic E-state index is -3.55. The summed E-state index contributed by atoms with van der Waals surface area (Å²) < 4.78 is 28.4. The Morgan fingerprint density at radius 1 is 1.15 bits per heavy atom. The molecule has 2 aromatic rings. The molecule has 0 fully saturated rings. The third-order valence-corrected chi connectivity index (χ3v) is 6.00. The highest BCUT2D eigenvalue weighted by Gasteiger charge is 2.25. The van der Waals surface area contributed by atoms with Gasteiger partial charge >= 0.3 is 0 Å². The maximum atomic E-state index is 12.8. The second-order valence-electron chi connectivity index (χ2n) is 6.91. The van der Waals surface area contributed by atoms with Gasteiger partial charge in [0.2, 0.25) is 10.0 Å². The lowest BCUT2D eigenvalue weighted by atomic mass is 9.88. The number of nitrogen functional groups attached to an aromatic ring is 1. The van der Waals surface area contributed by atoms with E-state index in [-0.39, 0.29) is 18.4 Å². The second kappa shape index (κ2) is 8.39. The fraction of sp³-hybridized carbons (Fsp3) is 0.368. The zero-order valence-electron chi connectivity index (χ0n) is 15.1. The van der Waals surface area contributed by atoms with Gasteiger partial charge in [0, 0.05) is 18.3 Å². The fourth-order valence-electron chi connectivity index (χ4n) is 3.35. The van der Waals surface area contributed by atoms with Crippen molar-refractivity contribution in [3.63, 3.8) is 0 Å². The van der Waals surface area contributed by atoms with Gasteiger partial charge in [-0.1, -0.05) is 18.2 Å². The van der Waals surface area contributed by atoms with Gasteiger partial charge in [-0.2, -0.15) is 0 Å². The molecule has 0 amide bonds. The summed E-state index contributed by atoms with van der Waals surface area (Å²) in [5.74, 6) is 0. The first-order chi connectivity index (χ1) is 11.8. The Labute approximate surface area is 162 Å². The number of fused-ring (bicyclic) bond motifs is 1. The molecule has 0 aliphatic heterocycles. The monoisotopic (exact) mass is 395 g/mol. The number of hydrogen-bond acceptors (Lipinski definition) is 4. The maximum Gasteiger partial charge on any atom is 0.241 e. The molecule has 26 heavy (non-hydrogen) atoms. The number of aryl methyl sites for hydroxylation is 1. The van der Waals surface area contributed by atoms with Crippen LogP contribution < -0.4 is 10.5 Å². The van der Waals surface area contributed by atoms with E-state index in [0.717, 1.165) is 48.2 Å². The van der Waals surface area contributed by atoms with Crippen molar-refractivity contribution < 1.29 is 8.42 Å².